The van der Waals surface area contributed by atoms with Gasteiger partial charge < -0.3 is 9.73 Å². The molecular formula is C11H16BrNO. The molecule has 0 amide bonds. The number of halogens is 1. The van der Waals surface area contributed by atoms with Crippen LogP contribution >= 0.6 is 15.9 Å². The van der Waals surface area contributed by atoms with E-state index in [2.05, 4.69) is 27.3 Å². The zero-order valence-electron chi connectivity index (χ0n) is 8.48. The van der Waals surface area contributed by atoms with Crippen LogP contribution in [0.3, 0.4) is 0 Å². The summed E-state index contributed by atoms with van der Waals surface area (Å²) < 4.78 is 6.99. The summed E-state index contributed by atoms with van der Waals surface area (Å²) in [6.07, 6.45) is 4.90. The second-order valence-electron chi connectivity index (χ2n) is 3.91. The maximum Gasteiger partial charge on any atom is 0.121 e. The fraction of sp³-hybridized carbons (Fsp3) is 0.636. The highest BCUT2D eigenvalue weighted by Gasteiger charge is 2.25. The summed E-state index contributed by atoms with van der Waals surface area (Å²) in [7, 11) is 1.96. The highest BCUT2D eigenvalue weighted by atomic mass is 79.9. The highest BCUT2D eigenvalue weighted by molar-refractivity contribution is 9.10. The number of nitrogens with one attached hydrogen (secondary N) is 1. The number of likely N-dealkylation sites (N-methyl/N-ethyl adjacent to an activating group) is 1. The third-order valence-corrected chi connectivity index (χ3v) is 3.48. The summed E-state index contributed by atoms with van der Waals surface area (Å²) >= 11 is 3.57. The molecule has 0 atom stereocenters. The molecule has 1 saturated carbocycles. The van der Waals surface area contributed by atoms with E-state index in [1.54, 1.807) is 0 Å². The lowest BCUT2D eigenvalue weighted by atomic mass is 9.84. The Balaban J connectivity index is 2.04. The first-order chi connectivity index (χ1) is 6.81. The van der Waals surface area contributed by atoms with E-state index < -0.39 is 0 Å². The molecule has 0 unspecified atom stereocenters. The lowest BCUT2D eigenvalue weighted by Gasteiger charge is -2.23. The van der Waals surface area contributed by atoms with Gasteiger partial charge in [0.05, 0.1) is 4.47 Å². The fourth-order valence-corrected chi connectivity index (χ4v) is 2.41. The molecule has 0 radical (unpaired) electrons. The van der Waals surface area contributed by atoms with Crippen molar-refractivity contribution in [2.24, 2.45) is 0 Å². The van der Waals surface area contributed by atoms with Gasteiger partial charge in [-0.25, -0.2) is 0 Å². The molecule has 1 aromatic rings. The van der Waals surface area contributed by atoms with Crippen molar-refractivity contribution < 1.29 is 4.42 Å². The zero-order chi connectivity index (χ0) is 9.97. The fourth-order valence-electron chi connectivity index (χ4n) is 1.75. The summed E-state index contributed by atoms with van der Waals surface area (Å²) in [5, 5.41) is 3.13. The van der Waals surface area contributed by atoms with E-state index in [1.165, 1.54) is 25.0 Å². The van der Waals surface area contributed by atoms with Gasteiger partial charge in [-0.1, -0.05) is 6.42 Å². The van der Waals surface area contributed by atoms with Crippen molar-refractivity contribution in [1.29, 1.82) is 0 Å². The molecule has 1 fully saturated rings. The van der Waals surface area contributed by atoms with Gasteiger partial charge in [0.25, 0.3) is 0 Å². The maximum absolute atomic E-state index is 5.83. The Kier molecular flexibility index (Phi) is 3.29. The topological polar surface area (TPSA) is 25.2 Å². The van der Waals surface area contributed by atoms with Gasteiger partial charge in [0.2, 0.25) is 0 Å². The Morgan fingerprint density at radius 3 is 2.93 bits per heavy atom. The van der Waals surface area contributed by atoms with Crippen molar-refractivity contribution in [2.75, 3.05) is 13.6 Å². The van der Waals surface area contributed by atoms with Crippen molar-refractivity contribution in [2.45, 2.75) is 31.6 Å². The van der Waals surface area contributed by atoms with Crippen molar-refractivity contribution in [3.05, 3.63) is 22.1 Å². The molecule has 1 heterocycles. The highest BCUT2D eigenvalue weighted by Crippen LogP contribution is 2.41. The van der Waals surface area contributed by atoms with Gasteiger partial charge in [-0.05, 0) is 41.9 Å². The first-order valence-electron chi connectivity index (χ1n) is 5.24. The minimum absolute atomic E-state index is 0.674. The molecule has 0 spiro atoms. The van der Waals surface area contributed by atoms with E-state index in [9.17, 15) is 0 Å². The van der Waals surface area contributed by atoms with Gasteiger partial charge in [0.15, 0.2) is 0 Å². The maximum atomic E-state index is 5.83. The largest absolute Gasteiger partial charge is 0.465 e. The van der Waals surface area contributed by atoms with Crippen LogP contribution in [-0.2, 0) is 6.42 Å². The van der Waals surface area contributed by atoms with Crippen molar-refractivity contribution in [3.8, 4) is 0 Å². The average Bonchev–Trinajstić information content (AvgIpc) is 2.42. The molecule has 1 N–H and O–H groups in total. The van der Waals surface area contributed by atoms with Crippen molar-refractivity contribution >= 4 is 15.9 Å². The lowest BCUT2D eigenvalue weighted by Crippen LogP contribution is -2.10. The first-order valence-corrected chi connectivity index (χ1v) is 6.03. The number of hydrogen-bond acceptors (Lipinski definition) is 2. The Morgan fingerprint density at radius 1 is 1.57 bits per heavy atom. The summed E-state index contributed by atoms with van der Waals surface area (Å²) in [5.41, 5.74) is 0. The minimum atomic E-state index is 0.674. The summed E-state index contributed by atoms with van der Waals surface area (Å²) in [6.45, 7) is 0.976. The summed E-state index contributed by atoms with van der Waals surface area (Å²) in [6, 6.07) is 2.12. The van der Waals surface area contributed by atoms with Crippen LogP contribution in [0, 0.1) is 0 Å². The normalized spacial score (nSPS) is 17.0. The Morgan fingerprint density at radius 2 is 2.36 bits per heavy atom. The molecule has 78 valence electrons. The van der Waals surface area contributed by atoms with Crippen LogP contribution in [0.25, 0.3) is 0 Å². The van der Waals surface area contributed by atoms with Crippen molar-refractivity contribution in [3.63, 3.8) is 0 Å². The Hall–Kier alpha value is -0.280. The van der Waals surface area contributed by atoms with Gasteiger partial charge in [-0.15, -0.1) is 0 Å². The van der Waals surface area contributed by atoms with Crippen LogP contribution < -0.4 is 5.32 Å². The van der Waals surface area contributed by atoms with Crippen LogP contribution in [0.5, 0.6) is 0 Å². The van der Waals surface area contributed by atoms with Crippen LogP contribution in [0.4, 0.5) is 0 Å². The molecule has 1 aromatic heterocycles. The van der Waals surface area contributed by atoms with Gasteiger partial charge in [0, 0.05) is 18.9 Å². The molecule has 2 rings (SSSR count). The van der Waals surface area contributed by atoms with Gasteiger partial charge >= 0.3 is 0 Å². The predicted octanol–water partition coefficient (Wildman–Crippen LogP) is 3.07. The average molecular weight is 258 g/mol. The molecule has 1 aliphatic rings. The van der Waals surface area contributed by atoms with E-state index in [0.717, 1.165) is 23.2 Å². The Bertz CT molecular complexity index is 304. The van der Waals surface area contributed by atoms with E-state index in [1.807, 2.05) is 7.05 Å². The number of furan rings is 1. The van der Waals surface area contributed by atoms with Crippen LogP contribution in [0.15, 0.2) is 15.0 Å². The second kappa shape index (κ2) is 4.49. The molecule has 14 heavy (non-hydrogen) atoms. The van der Waals surface area contributed by atoms with E-state index >= 15 is 0 Å². The number of rotatable bonds is 4. The molecule has 0 aromatic carbocycles. The zero-order valence-corrected chi connectivity index (χ0v) is 10.1. The first kappa shape index (κ1) is 10.2. The lowest BCUT2D eigenvalue weighted by molar-refractivity contribution is 0.334. The van der Waals surface area contributed by atoms with E-state index in [0.29, 0.717) is 5.92 Å². The molecule has 0 saturated heterocycles. The molecule has 0 aliphatic heterocycles. The smallest absolute Gasteiger partial charge is 0.121 e. The quantitative estimate of drug-likeness (QED) is 0.897. The van der Waals surface area contributed by atoms with Gasteiger partial charge in [0.1, 0.15) is 11.5 Å². The molecular weight excluding hydrogens is 242 g/mol. The van der Waals surface area contributed by atoms with E-state index in [4.69, 9.17) is 4.42 Å². The van der Waals surface area contributed by atoms with Crippen LogP contribution in [-0.4, -0.2) is 13.6 Å². The van der Waals surface area contributed by atoms with Gasteiger partial charge in [-0.2, -0.15) is 0 Å². The second-order valence-corrected chi connectivity index (χ2v) is 4.76. The summed E-state index contributed by atoms with van der Waals surface area (Å²) in [5.74, 6) is 2.93. The SMILES string of the molecule is CNCCc1cc(Br)c(C2CCC2)o1. The third-order valence-electron chi connectivity index (χ3n) is 2.86. The number of hydrogen-bond donors (Lipinski definition) is 1. The minimum Gasteiger partial charge on any atom is -0.465 e. The van der Waals surface area contributed by atoms with Crippen LogP contribution in [0.2, 0.25) is 0 Å². The molecule has 2 nitrogen and oxygen atoms in total. The van der Waals surface area contributed by atoms with E-state index in [-0.39, 0.29) is 0 Å². The van der Waals surface area contributed by atoms with Crippen LogP contribution in [0.1, 0.15) is 36.7 Å². The molecule has 1 aliphatic carbocycles. The monoisotopic (exact) mass is 257 g/mol. The third kappa shape index (κ3) is 2.04. The molecule has 3 heteroatoms. The Labute approximate surface area is 93.2 Å². The van der Waals surface area contributed by atoms with Crippen molar-refractivity contribution in [1.82, 2.24) is 5.32 Å². The standard InChI is InChI=1S/C11H16BrNO/c1-13-6-5-9-7-10(12)11(14-9)8-3-2-4-8/h7-8,13H,2-6H2,1H3. The molecule has 0 bridgehead atoms. The van der Waals surface area contributed by atoms with Gasteiger partial charge in [-0.3, -0.25) is 0 Å². The predicted molar refractivity (Wildman–Crippen MR) is 60.6 cm³/mol. The summed E-state index contributed by atoms with van der Waals surface area (Å²) in [4.78, 5) is 0.